The smallest absolute Gasteiger partial charge is 0.189 e. The fourth-order valence-corrected chi connectivity index (χ4v) is 2.83. The summed E-state index contributed by atoms with van der Waals surface area (Å²) in [5.41, 5.74) is 6.42. The van der Waals surface area contributed by atoms with Gasteiger partial charge >= 0.3 is 0 Å². The molecule has 0 N–H and O–H groups in total. The van der Waals surface area contributed by atoms with Gasteiger partial charge in [-0.1, -0.05) is 71.4 Å². The van der Waals surface area contributed by atoms with Crippen molar-refractivity contribution in [2.45, 2.75) is 66.2 Å². The molecule has 0 radical (unpaired) electrons. The monoisotopic (exact) mass is 354 g/mol. The molecule has 0 aliphatic rings. The Morgan fingerprint density at radius 1 is 0.808 bits per heavy atom. The van der Waals surface area contributed by atoms with E-state index in [1.54, 1.807) is 0 Å². The van der Waals surface area contributed by atoms with Gasteiger partial charge in [0.2, 0.25) is 0 Å². The highest BCUT2D eigenvalue weighted by Crippen LogP contribution is 2.37. The first-order chi connectivity index (χ1) is 12.0. The minimum absolute atomic E-state index is 0.0895. The van der Waals surface area contributed by atoms with Crippen LogP contribution in [0.3, 0.4) is 0 Å². The highest BCUT2D eigenvalue weighted by atomic mass is 16.7. The Hall–Kier alpha value is -1.80. The van der Waals surface area contributed by atoms with E-state index in [1.807, 2.05) is 13.0 Å². The standard InChI is InChI=1S/C24H34O2/c1-9-25-16-26-22-11-10-17(2)12-21(22)18-13-19(23(3,4)5)15-20(14-18)24(6,7)8/h10-15H,9,16H2,1-8H3. The molecule has 2 aromatic rings. The average molecular weight is 355 g/mol. The van der Waals surface area contributed by atoms with Crippen molar-refractivity contribution in [3.05, 3.63) is 53.1 Å². The van der Waals surface area contributed by atoms with Crippen molar-refractivity contribution in [2.75, 3.05) is 13.4 Å². The van der Waals surface area contributed by atoms with Crippen LogP contribution < -0.4 is 4.74 Å². The number of hydrogen-bond donors (Lipinski definition) is 0. The van der Waals surface area contributed by atoms with Crippen LogP contribution in [0.5, 0.6) is 5.75 Å². The Balaban J connectivity index is 2.61. The van der Waals surface area contributed by atoms with Crippen LogP contribution >= 0.6 is 0 Å². The summed E-state index contributed by atoms with van der Waals surface area (Å²) in [5, 5.41) is 0. The lowest BCUT2D eigenvalue weighted by atomic mass is 9.79. The van der Waals surface area contributed by atoms with Crippen LogP contribution in [0, 0.1) is 6.92 Å². The van der Waals surface area contributed by atoms with E-state index < -0.39 is 0 Å². The van der Waals surface area contributed by atoms with E-state index in [9.17, 15) is 0 Å². The number of benzene rings is 2. The second-order valence-electron chi connectivity index (χ2n) is 9.05. The molecular weight excluding hydrogens is 320 g/mol. The van der Waals surface area contributed by atoms with Gasteiger partial charge in [0.1, 0.15) is 5.75 Å². The van der Waals surface area contributed by atoms with E-state index in [1.165, 1.54) is 22.3 Å². The van der Waals surface area contributed by atoms with E-state index in [2.05, 4.69) is 78.8 Å². The van der Waals surface area contributed by atoms with E-state index in [0.29, 0.717) is 6.61 Å². The van der Waals surface area contributed by atoms with Gasteiger partial charge < -0.3 is 9.47 Å². The lowest BCUT2D eigenvalue weighted by Gasteiger charge is -2.26. The molecule has 0 spiro atoms. The molecule has 0 heterocycles. The summed E-state index contributed by atoms with van der Waals surface area (Å²) >= 11 is 0. The van der Waals surface area contributed by atoms with Gasteiger partial charge in [0.05, 0.1) is 0 Å². The van der Waals surface area contributed by atoms with Crippen molar-refractivity contribution < 1.29 is 9.47 Å². The summed E-state index contributed by atoms with van der Waals surface area (Å²) in [6.07, 6.45) is 0. The van der Waals surface area contributed by atoms with Gasteiger partial charge in [-0.15, -0.1) is 0 Å². The van der Waals surface area contributed by atoms with Crippen molar-refractivity contribution in [2.24, 2.45) is 0 Å². The molecule has 142 valence electrons. The zero-order chi connectivity index (χ0) is 19.5. The van der Waals surface area contributed by atoms with E-state index in [-0.39, 0.29) is 17.6 Å². The topological polar surface area (TPSA) is 18.5 Å². The van der Waals surface area contributed by atoms with Gasteiger partial charge in [0.15, 0.2) is 6.79 Å². The summed E-state index contributed by atoms with van der Waals surface area (Å²) in [5.74, 6) is 0.870. The highest BCUT2D eigenvalue weighted by Gasteiger charge is 2.21. The molecule has 0 aromatic heterocycles. The Morgan fingerprint density at radius 3 is 1.88 bits per heavy atom. The summed E-state index contributed by atoms with van der Waals surface area (Å²) in [7, 11) is 0. The molecule has 0 bridgehead atoms. The quantitative estimate of drug-likeness (QED) is 0.443. The Bertz CT molecular complexity index is 714. The fourth-order valence-electron chi connectivity index (χ4n) is 2.83. The van der Waals surface area contributed by atoms with Crippen LogP contribution in [0.1, 0.15) is 65.2 Å². The van der Waals surface area contributed by atoms with Gasteiger partial charge in [0, 0.05) is 12.2 Å². The van der Waals surface area contributed by atoms with Crippen molar-refractivity contribution in [1.29, 1.82) is 0 Å². The van der Waals surface area contributed by atoms with Crippen molar-refractivity contribution >= 4 is 0 Å². The maximum atomic E-state index is 5.92. The molecular formula is C24H34O2. The zero-order valence-electron chi connectivity index (χ0n) is 17.7. The molecule has 2 rings (SSSR count). The van der Waals surface area contributed by atoms with Gasteiger partial charge in [0.25, 0.3) is 0 Å². The van der Waals surface area contributed by atoms with Gasteiger partial charge in [-0.3, -0.25) is 0 Å². The molecule has 0 saturated carbocycles. The summed E-state index contributed by atoms with van der Waals surface area (Å²) in [6.45, 7) is 18.6. The number of hydrogen-bond acceptors (Lipinski definition) is 2. The Labute approximate surface area is 159 Å². The van der Waals surface area contributed by atoms with Crippen molar-refractivity contribution in [3.8, 4) is 16.9 Å². The first-order valence-corrected chi connectivity index (χ1v) is 9.50. The predicted molar refractivity (Wildman–Crippen MR) is 111 cm³/mol. The number of ether oxygens (including phenoxy) is 2. The molecule has 26 heavy (non-hydrogen) atoms. The highest BCUT2D eigenvalue weighted by molar-refractivity contribution is 5.73. The van der Waals surface area contributed by atoms with E-state index in [0.717, 1.165) is 11.3 Å². The van der Waals surface area contributed by atoms with E-state index >= 15 is 0 Å². The number of aryl methyl sites for hydroxylation is 1. The molecule has 0 atom stereocenters. The van der Waals surface area contributed by atoms with Crippen LogP contribution in [0.4, 0.5) is 0 Å². The van der Waals surface area contributed by atoms with Crippen LogP contribution in [0.25, 0.3) is 11.1 Å². The van der Waals surface area contributed by atoms with Crippen molar-refractivity contribution in [3.63, 3.8) is 0 Å². The molecule has 2 nitrogen and oxygen atoms in total. The SMILES string of the molecule is CCOCOc1ccc(C)cc1-c1cc(C(C)(C)C)cc(C(C)(C)C)c1. The molecule has 0 amide bonds. The lowest BCUT2D eigenvalue weighted by Crippen LogP contribution is -2.16. The molecule has 2 heteroatoms. The van der Waals surface area contributed by atoms with Crippen LogP contribution in [0.2, 0.25) is 0 Å². The summed E-state index contributed by atoms with van der Waals surface area (Å²) in [6, 6.07) is 13.3. The Morgan fingerprint density at radius 2 is 1.38 bits per heavy atom. The van der Waals surface area contributed by atoms with Gasteiger partial charge in [-0.2, -0.15) is 0 Å². The summed E-state index contributed by atoms with van der Waals surface area (Å²) < 4.78 is 11.3. The van der Waals surface area contributed by atoms with Crippen LogP contribution in [-0.2, 0) is 15.6 Å². The largest absolute Gasteiger partial charge is 0.467 e. The average Bonchev–Trinajstić information content (AvgIpc) is 2.54. The molecule has 0 saturated heterocycles. The minimum atomic E-state index is 0.0895. The third-order valence-electron chi connectivity index (χ3n) is 4.61. The summed E-state index contributed by atoms with van der Waals surface area (Å²) in [4.78, 5) is 0. The van der Waals surface area contributed by atoms with Gasteiger partial charge in [-0.05, 0) is 53.5 Å². The van der Waals surface area contributed by atoms with Crippen LogP contribution in [-0.4, -0.2) is 13.4 Å². The fraction of sp³-hybridized carbons (Fsp3) is 0.500. The van der Waals surface area contributed by atoms with Crippen LogP contribution in [0.15, 0.2) is 36.4 Å². The van der Waals surface area contributed by atoms with Crippen molar-refractivity contribution in [1.82, 2.24) is 0 Å². The second-order valence-corrected chi connectivity index (χ2v) is 9.05. The molecule has 0 aliphatic heterocycles. The second kappa shape index (κ2) is 7.84. The first-order valence-electron chi connectivity index (χ1n) is 9.50. The van der Waals surface area contributed by atoms with E-state index in [4.69, 9.17) is 9.47 Å². The first kappa shape index (κ1) is 20.5. The maximum absolute atomic E-state index is 5.92. The normalized spacial score (nSPS) is 12.3. The molecule has 0 aliphatic carbocycles. The third-order valence-corrected chi connectivity index (χ3v) is 4.61. The molecule has 0 fully saturated rings. The molecule has 2 aromatic carbocycles. The molecule has 0 unspecified atom stereocenters. The maximum Gasteiger partial charge on any atom is 0.189 e. The lowest BCUT2D eigenvalue weighted by molar-refractivity contribution is 0.0227. The zero-order valence-corrected chi connectivity index (χ0v) is 17.7. The third kappa shape index (κ3) is 5.11. The van der Waals surface area contributed by atoms with Gasteiger partial charge in [-0.25, -0.2) is 0 Å². The predicted octanol–water partition coefficient (Wildman–Crippen LogP) is 6.63. The number of rotatable bonds is 5. The minimum Gasteiger partial charge on any atom is -0.467 e. The Kier molecular flexibility index (Phi) is 6.18.